The Morgan fingerprint density at radius 2 is 2.20 bits per heavy atom. The number of hydrogen-bond donors (Lipinski definition) is 2. The number of likely N-dealkylation sites (tertiary alicyclic amines) is 1. The van der Waals surface area contributed by atoms with E-state index in [-0.39, 0.29) is 17.8 Å². The second-order valence-corrected chi connectivity index (χ2v) is 6.43. The highest BCUT2D eigenvalue weighted by Gasteiger charge is 2.25. The van der Waals surface area contributed by atoms with E-state index in [2.05, 4.69) is 15.6 Å². The van der Waals surface area contributed by atoms with Crippen LogP contribution in [-0.4, -0.2) is 57.0 Å². The van der Waals surface area contributed by atoms with Crippen LogP contribution in [0.3, 0.4) is 0 Å². The molecular weight excluding hydrogens is 321 g/mol. The quantitative estimate of drug-likeness (QED) is 0.626. The zero-order valence-corrected chi connectivity index (χ0v) is 15.5. The van der Waals surface area contributed by atoms with E-state index in [1.807, 2.05) is 32.0 Å². The van der Waals surface area contributed by atoms with E-state index in [0.29, 0.717) is 31.2 Å². The second kappa shape index (κ2) is 8.69. The number of carbonyl (C=O) groups excluding carboxylic acids is 1. The monoisotopic (exact) mass is 349 g/mol. The lowest BCUT2D eigenvalue weighted by atomic mass is 10.2. The Balaban J connectivity index is 1.87. The number of benzene rings is 1. The molecule has 0 saturated carbocycles. The molecule has 1 aliphatic rings. The molecule has 0 aliphatic carbocycles. The predicted molar refractivity (Wildman–Crippen MR) is 99.3 cm³/mol. The molecule has 2 N–H and O–H groups in total. The van der Waals surface area contributed by atoms with Crippen LogP contribution in [0.1, 0.15) is 25.3 Å². The largest absolute Gasteiger partial charge is 0.375 e. The number of rotatable bonds is 5. The molecule has 1 fully saturated rings. The summed E-state index contributed by atoms with van der Waals surface area (Å²) in [5, 5.41) is 6.53. The summed E-state index contributed by atoms with van der Waals surface area (Å²) < 4.78 is 14.0. The third-order valence-electron chi connectivity index (χ3n) is 4.36. The number of hydrogen-bond acceptors (Lipinski definition) is 3. The molecule has 0 aromatic heterocycles. The number of guanidine groups is 1. The van der Waals surface area contributed by atoms with Gasteiger partial charge in [-0.1, -0.05) is 13.0 Å². The summed E-state index contributed by atoms with van der Waals surface area (Å²) in [6, 6.07) is 5.39. The Morgan fingerprint density at radius 1 is 1.44 bits per heavy atom. The summed E-state index contributed by atoms with van der Waals surface area (Å²) in [7, 11) is 5.33. The molecule has 7 heteroatoms. The molecule has 1 aromatic rings. The van der Waals surface area contributed by atoms with Crippen LogP contribution in [0, 0.1) is 5.82 Å². The van der Waals surface area contributed by atoms with Crippen molar-refractivity contribution in [2.75, 3.05) is 39.1 Å². The highest BCUT2D eigenvalue weighted by atomic mass is 19.1. The van der Waals surface area contributed by atoms with Gasteiger partial charge in [-0.05, 0) is 24.1 Å². The van der Waals surface area contributed by atoms with Gasteiger partial charge in [0.1, 0.15) is 5.82 Å². The molecule has 1 amide bonds. The van der Waals surface area contributed by atoms with Crippen LogP contribution in [0.15, 0.2) is 23.2 Å². The van der Waals surface area contributed by atoms with E-state index < -0.39 is 0 Å². The molecule has 1 aromatic carbocycles. The minimum Gasteiger partial charge on any atom is -0.375 e. The Bertz CT molecular complexity index is 632. The van der Waals surface area contributed by atoms with Gasteiger partial charge in [0.25, 0.3) is 0 Å². The van der Waals surface area contributed by atoms with Crippen LogP contribution in [0.25, 0.3) is 0 Å². The Labute approximate surface area is 149 Å². The highest BCUT2D eigenvalue weighted by molar-refractivity contribution is 5.80. The molecule has 1 saturated heterocycles. The van der Waals surface area contributed by atoms with Crippen molar-refractivity contribution in [1.29, 1.82) is 0 Å². The van der Waals surface area contributed by atoms with Crippen molar-refractivity contribution >= 4 is 17.6 Å². The van der Waals surface area contributed by atoms with E-state index >= 15 is 0 Å². The van der Waals surface area contributed by atoms with E-state index in [4.69, 9.17) is 0 Å². The van der Waals surface area contributed by atoms with Crippen LogP contribution >= 0.6 is 0 Å². The highest BCUT2D eigenvalue weighted by Crippen LogP contribution is 2.18. The van der Waals surface area contributed by atoms with E-state index in [1.54, 1.807) is 18.0 Å². The third kappa shape index (κ3) is 5.08. The second-order valence-electron chi connectivity index (χ2n) is 6.43. The average Bonchev–Trinajstić information content (AvgIpc) is 3.06. The number of halogens is 1. The van der Waals surface area contributed by atoms with Gasteiger partial charge in [-0.3, -0.25) is 9.79 Å². The smallest absolute Gasteiger partial charge is 0.222 e. The minimum atomic E-state index is -0.239. The fraction of sp³-hybridized carbons (Fsp3) is 0.556. The molecule has 0 spiro atoms. The van der Waals surface area contributed by atoms with Crippen LogP contribution in [0.5, 0.6) is 0 Å². The van der Waals surface area contributed by atoms with E-state index in [9.17, 15) is 9.18 Å². The Hall–Kier alpha value is -2.31. The molecular formula is C18H28FN5O. The molecule has 1 heterocycles. The van der Waals surface area contributed by atoms with E-state index in [1.165, 1.54) is 6.07 Å². The van der Waals surface area contributed by atoms with Crippen molar-refractivity contribution in [1.82, 2.24) is 15.5 Å². The zero-order chi connectivity index (χ0) is 18.4. The molecule has 138 valence electrons. The number of amides is 1. The lowest BCUT2D eigenvalue weighted by Crippen LogP contribution is -2.44. The zero-order valence-electron chi connectivity index (χ0n) is 15.5. The number of nitrogens with zero attached hydrogens (tertiary/aromatic N) is 3. The van der Waals surface area contributed by atoms with Gasteiger partial charge in [-0.25, -0.2) is 4.39 Å². The summed E-state index contributed by atoms with van der Waals surface area (Å²) >= 11 is 0. The fourth-order valence-corrected chi connectivity index (χ4v) is 2.93. The lowest BCUT2D eigenvalue weighted by molar-refractivity contribution is -0.129. The third-order valence-corrected chi connectivity index (χ3v) is 4.36. The predicted octanol–water partition coefficient (Wildman–Crippen LogP) is 1.57. The summed E-state index contributed by atoms with van der Waals surface area (Å²) in [6.45, 7) is 3.83. The normalized spacial score (nSPS) is 17.6. The fourth-order valence-electron chi connectivity index (χ4n) is 2.93. The number of carbonyl (C=O) groups is 1. The first-order chi connectivity index (χ1) is 11.9. The minimum absolute atomic E-state index is 0.184. The van der Waals surface area contributed by atoms with Crippen LogP contribution in [0.4, 0.5) is 10.1 Å². The van der Waals surface area contributed by atoms with Gasteiger partial charge in [-0.2, -0.15) is 0 Å². The summed E-state index contributed by atoms with van der Waals surface area (Å²) in [6.07, 6.45) is 1.44. The molecule has 1 unspecified atom stereocenters. The Morgan fingerprint density at radius 3 is 2.80 bits per heavy atom. The standard InChI is InChI=1S/C18H28FN5O/c1-5-17(25)24-9-8-14(12-24)22-18(20-2)21-11-13-6-7-16(23(3)4)15(19)10-13/h6-7,10,14H,5,8-9,11-12H2,1-4H3,(H2,20,21,22). The summed E-state index contributed by atoms with van der Waals surface area (Å²) in [5.74, 6) is 0.605. The lowest BCUT2D eigenvalue weighted by Gasteiger charge is -2.19. The van der Waals surface area contributed by atoms with Gasteiger partial charge in [0.05, 0.1) is 5.69 Å². The summed E-state index contributed by atoms with van der Waals surface area (Å²) in [4.78, 5) is 19.6. The molecule has 0 radical (unpaired) electrons. The van der Waals surface area contributed by atoms with Gasteiger partial charge >= 0.3 is 0 Å². The first-order valence-corrected chi connectivity index (χ1v) is 8.65. The SMILES string of the molecule is CCC(=O)N1CCC(NC(=NC)NCc2ccc(N(C)C)c(F)c2)C1. The van der Waals surface area contributed by atoms with Gasteiger partial charge in [0.15, 0.2) is 5.96 Å². The molecule has 25 heavy (non-hydrogen) atoms. The first kappa shape index (κ1) is 19.0. The molecule has 2 rings (SSSR count). The topological polar surface area (TPSA) is 60.0 Å². The van der Waals surface area contributed by atoms with Crippen molar-refractivity contribution in [3.8, 4) is 0 Å². The molecule has 0 bridgehead atoms. The van der Waals surface area contributed by atoms with Crippen molar-refractivity contribution in [2.24, 2.45) is 4.99 Å². The summed E-state index contributed by atoms with van der Waals surface area (Å²) in [5.41, 5.74) is 1.41. The number of anilines is 1. The van der Waals surface area contributed by atoms with Crippen molar-refractivity contribution < 1.29 is 9.18 Å². The Kier molecular flexibility index (Phi) is 6.61. The molecule has 6 nitrogen and oxygen atoms in total. The van der Waals surface area contributed by atoms with E-state index in [0.717, 1.165) is 18.5 Å². The first-order valence-electron chi connectivity index (χ1n) is 8.65. The maximum atomic E-state index is 14.0. The maximum absolute atomic E-state index is 14.0. The van der Waals surface area contributed by atoms with Gasteiger partial charge in [0, 0.05) is 53.2 Å². The van der Waals surface area contributed by atoms with Crippen LogP contribution in [0.2, 0.25) is 0 Å². The number of aliphatic imine (C=N–C) groups is 1. The molecule has 1 aliphatic heterocycles. The van der Waals surface area contributed by atoms with Crippen LogP contribution in [-0.2, 0) is 11.3 Å². The average molecular weight is 349 g/mol. The van der Waals surface area contributed by atoms with Gasteiger partial charge in [-0.15, -0.1) is 0 Å². The molecule has 1 atom stereocenters. The van der Waals surface area contributed by atoms with Crippen molar-refractivity contribution in [3.63, 3.8) is 0 Å². The van der Waals surface area contributed by atoms with Gasteiger partial charge < -0.3 is 20.4 Å². The van der Waals surface area contributed by atoms with Crippen molar-refractivity contribution in [3.05, 3.63) is 29.6 Å². The van der Waals surface area contributed by atoms with Crippen LogP contribution < -0.4 is 15.5 Å². The van der Waals surface area contributed by atoms with Gasteiger partial charge in [0.2, 0.25) is 5.91 Å². The maximum Gasteiger partial charge on any atom is 0.222 e. The van der Waals surface area contributed by atoms with Crippen molar-refractivity contribution in [2.45, 2.75) is 32.4 Å². The number of nitrogens with one attached hydrogen (secondary N) is 2.